The highest BCUT2D eigenvalue weighted by atomic mass is 16.5. The highest BCUT2D eigenvalue weighted by Gasteiger charge is 2.43. The Labute approximate surface area is 109 Å². The average Bonchev–Trinajstić information content (AvgIpc) is 3.17. The fourth-order valence-electron chi connectivity index (χ4n) is 2.41. The first-order valence-electron chi connectivity index (χ1n) is 6.45. The van der Waals surface area contributed by atoms with Gasteiger partial charge in [0.1, 0.15) is 5.75 Å². The minimum absolute atomic E-state index is 0.0709. The first-order valence-corrected chi connectivity index (χ1v) is 6.45. The average molecular weight is 247 g/mol. The van der Waals surface area contributed by atoms with Gasteiger partial charge in [0.05, 0.1) is 7.11 Å². The van der Waals surface area contributed by atoms with E-state index >= 15 is 0 Å². The predicted octanol–water partition coefficient (Wildman–Crippen LogP) is 2.67. The maximum absolute atomic E-state index is 11.9. The molecular weight excluding hydrogens is 226 g/mol. The molecule has 0 saturated heterocycles. The largest absolute Gasteiger partial charge is 0.497 e. The summed E-state index contributed by atoms with van der Waals surface area (Å²) in [6, 6.07) is 8.49. The molecule has 1 aliphatic carbocycles. The van der Waals surface area contributed by atoms with Crippen molar-refractivity contribution in [1.29, 1.82) is 0 Å². The quantitative estimate of drug-likeness (QED) is 0.818. The Balaban J connectivity index is 2.04. The fourth-order valence-corrected chi connectivity index (χ4v) is 2.41. The normalized spacial score (nSPS) is 21.8. The summed E-state index contributed by atoms with van der Waals surface area (Å²) in [5, 5.41) is 0. The number of carbonyl (C=O) groups excluding carboxylic acids is 1. The van der Waals surface area contributed by atoms with Crippen LogP contribution in [0.1, 0.15) is 31.7 Å². The molecule has 98 valence electrons. The van der Waals surface area contributed by atoms with Crippen LogP contribution < -0.4 is 4.74 Å². The number of benzene rings is 1. The Morgan fingerprint density at radius 1 is 1.44 bits per heavy atom. The van der Waals surface area contributed by atoms with Crippen molar-refractivity contribution in [1.82, 2.24) is 4.90 Å². The lowest BCUT2D eigenvalue weighted by Crippen LogP contribution is -2.33. The Morgan fingerprint density at radius 2 is 2.17 bits per heavy atom. The summed E-state index contributed by atoms with van der Waals surface area (Å²) in [5.74, 6) is 1.65. The summed E-state index contributed by atoms with van der Waals surface area (Å²) in [7, 11) is 3.59. The lowest BCUT2D eigenvalue weighted by atomic mass is 10.1. The van der Waals surface area contributed by atoms with Crippen molar-refractivity contribution in [3.8, 4) is 5.75 Å². The van der Waals surface area contributed by atoms with Gasteiger partial charge in [-0.1, -0.05) is 26.0 Å². The second-order valence-electron chi connectivity index (χ2n) is 5.29. The standard InChI is InChI=1S/C15H21NO2/c1-10(2)15(17)16(3)14-9-13(14)11-6-5-7-12(8-11)18-4/h5-8,10,13-14H,9H2,1-4H3. The molecule has 1 amide bonds. The van der Waals surface area contributed by atoms with E-state index in [0.29, 0.717) is 12.0 Å². The highest BCUT2D eigenvalue weighted by molar-refractivity contribution is 5.78. The van der Waals surface area contributed by atoms with Crippen molar-refractivity contribution in [2.24, 2.45) is 5.92 Å². The number of rotatable bonds is 4. The highest BCUT2D eigenvalue weighted by Crippen LogP contribution is 2.45. The molecule has 0 bridgehead atoms. The number of likely N-dealkylation sites (N-methyl/N-ethyl adjacent to an activating group) is 1. The molecule has 0 spiro atoms. The lowest BCUT2D eigenvalue weighted by Gasteiger charge is -2.19. The third-order valence-electron chi connectivity index (χ3n) is 3.62. The van der Waals surface area contributed by atoms with E-state index in [1.54, 1.807) is 7.11 Å². The Morgan fingerprint density at radius 3 is 2.78 bits per heavy atom. The van der Waals surface area contributed by atoms with Crippen LogP contribution in [0.5, 0.6) is 5.75 Å². The molecule has 3 heteroatoms. The van der Waals surface area contributed by atoms with Crippen LogP contribution in [-0.2, 0) is 4.79 Å². The topological polar surface area (TPSA) is 29.5 Å². The molecule has 1 saturated carbocycles. The van der Waals surface area contributed by atoms with Crippen molar-refractivity contribution >= 4 is 5.91 Å². The van der Waals surface area contributed by atoms with Gasteiger partial charge in [0.15, 0.2) is 0 Å². The molecule has 2 atom stereocenters. The van der Waals surface area contributed by atoms with E-state index in [4.69, 9.17) is 4.74 Å². The van der Waals surface area contributed by atoms with Gasteiger partial charge >= 0.3 is 0 Å². The number of hydrogen-bond donors (Lipinski definition) is 0. The third kappa shape index (κ3) is 2.50. The number of ether oxygens (including phenoxy) is 1. The van der Waals surface area contributed by atoms with Gasteiger partial charge in [-0.3, -0.25) is 4.79 Å². The zero-order valence-electron chi connectivity index (χ0n) is 11.5. The molecular formula is C15H21NO2. The van der Waals surface area contributed by atoms with E-state index in [1.807, 2.05) is 37.9 Å². The monoisotopic (exact) mass is 247 g/mol. The number of carbonyl (C=O) groups is 1. The minimum atomic E-state index is 0.0709. The van der Waals surface area contributed by atoms with Gasteiger partial charge < -0.3 is 9.64 Å². The first kappa shape index (κ1) is 12.9. The second kappa shape index (κ2) is 5.01. The number of methoxy groups -OCH3 is 1. The molecule has 1 aliphatic rings. The first-order chi connectivity index (χ1) is 8.54. The summed E-state index contributed by atoms with van der Waals surface area (Å²) in [6.07, 6.45) is 1.06. The van der Waals surface area contributed by atoms with Gasteiger partial charge in [-0.2, -0.15) is 0 Å². The van der Waals surface area contributed by atoms with Crippen LogP contribution in [0, 0.1) is 5.92 Å². The van der Waals surface area contributed by atoms with Crippen LogP contribution in [0.15, 0.2) is 24.3 Å². The van der Waals surface area contributed by atoms with Gasteiger partial charge in [0, 0.05) is 24.9 Å². The van der Waals surface area contributed by atoms with E-state index in [2.05, 4.69) is 12.1 Å². The summed E-state index contributed by atoms with van der Waals surface area (Å²) < 4.78 is 5.23. The lowest BCUT2D eigenvalue weighted by molar-refractivity contribution is -0.133. The van der Waals surface area contributed by atoms with E-state index in [9.17, 15) is 4.79 Å². The smallest absolute Gasteiger partial charge is 0.225 e. The van der Waals surface area contributed by atoms with Crippen molar-refractivity contribution in [2.75, 3.05) is 14.2 Å². The van der Waals surface area contributed by atoms with Crippen LogP contribution in [0.2, 0.25) is 0 Å². The van der Waals surface area contributed by atoms with Gasteiger partial charge in [0.25, 0.3) is 0 Å². The van der Waals surface area contributed by atoms with Gasteiger partial charge in [-0.05, 0) is 24.1 Å². The third-order valence-corrected chi connectivity index (χ3v) is 3.62. The Kier molecular flexibility index (Phi) is 3.60. The predicted molar refractivity (Wildman–Crippen MR) is 71.7 cm³/mol. The van der Waals surface area contributed by atoms with Crippen LogP contribution in [0.25, 0.3) is 0 Å². The van der Waals surface area contributed by atoms with Crippen molar-refractivity contribution in [3.63, 3.8) is 0 Å². The summed E-state index contributed by atoms with van der Waals surface area (Å²) in [4.78, 5) is 13.8. The number of amides is 1. The van der Waals surface area contributed by atoms with Gasteiger partial charge in [-0.15, -0.1) is 0 Å². The van der Waals surface area contributed by atoms with E-state index in [-0.39, 0.29) is 11.8 Å². The molecule has 3 nitrogen and oxygen atoms in total. The second-order valence-corrected chi connectivity index (χ2v) is 5.29. The summed E-state index contributed by atoms with van der Waals surface area (Å²) >= 11 is 0. The maximum Gasteiger partial charge on any atom is 0.225 e. The number of hydrogen-bond acceptors (Lipinski definition) is 2. The van der Waals surface area contributed by atoms with Crippen LogP contribution in [-0.4, -0.2) is 31.0 Å². The minimum Gasteiger partial charge on any atom is -0.497 e. The molecule has 2 unspecified atom stereocenters. The molecule has 0 radical (unpaired) electrons. The molecule has 0 heterocycles. The zero-order valence-corrected chi connectivity index (χ0v) is 11.5. The van der Waals surface area contributed by atoms with E-state index in [0.717, 1.165) is 12.2 Å². The maximum atomic E-state index is 11.9. The molecule has 0 aromatic heterocycles. The molecule has 1 aromatic carbocycles. The molecule has 2 rings (SSSR count). The summed E-state index contributed by atoms with van der Waals surface area (Å²) in [5.41, 5.74) is 1.27. The summed E-state index contributed by atoms with van der Waals surface area (Å²) in [6.45, 7) is 3.89. The fraction of sp³-hybridized carbons (Fsp3) is 0.533. The Bertz CT molecular complexity index is 442. The molecule has 1 fully saturated rings. The van der Waals surface area contributed by atoms with Crippen molar-refractivity contribution in [3.05, 3.63) is 29.8 Å². The van der Waals surface area contributed by atoms with Crippen LogP contribution in [0.3, 0.4) is 0 Å². The van der Waals surface area contributed by atoms with Crippen molar-refractivity contribution in [2.45, 2.75) is 32.2 Å². The van der Waals surface area contributed by atoms with Crippen LogP contribution in [0.4, 0.5) is 0 Å². The SMILES string of the molecule is COc1cccc(C2CC2N(C)C(=O)C(C)C)c1. The molecule has 0 aliphatic heterocycles. The van der Waals surface area contributed by atoms with Crippen molar-refractivity contribution < 1.29 is 9.53 Å². The molecule has 1 aromatic rings. The van der Waals surface area contributed by atoms with E-state index < -0.39 is 0 Å². The zero-order chi connectivity index (χ0) is 13.3. The van der Waals surface area contributed by atoms with Gasteiger partial charge in [0.2, 0.25) is 5.91 Å². The van der Waals surface area contributed by atoms with Crippen LogP contribution >= 0.6 is 0 Å². The van der Waals surface area contributed by atoms with E-state index in [1.165, 1.54) is 5.56 Å². The Hall–Kier alpha value is -1.51. The molecule has 18 heavy (non-hydrogen) atoms. The molecule has 0 N–H and O–H groups in total. The number of nitrogens with zero attached hydrogens (tertiary/aromatic N) is 1. The van der Waals surface area contributed by atoms with Gasteiger partial charge in [-0.25, -0.2) is 0 Å².